The van der Waals surface area contributed by atoms with Crippen LogP contribution in [0.2, 0.25) is 0 Å². The lowest BCUT2D eigenvalue weighted by Gasteiger charge is -2.44. The highest BCUT2D eigenvalue weighted by Crippen LogP contribution is 2.43. The third-order valence-corrected chi connectivity index (χ3v) is 6.26. The first kappa shape index (κ1) is 19.6. The van der Waals surface area contributed by atoms with Crippen molar-refractivity contribution in [1.29, 1.82) is 0 Å². The maximum Gasteiger partial charge on any atom is 0.248 e. The number of carbonyl (C=O) groups is 2. The Labute approximate surface area is 157 Å². The Morgan fingerprint density at radius 2 is 1.96 bits per heavy atom. The van der Waals surface area contributed by atoms with E-state index in [1.165, 1.54) is 11.3 Å². The molecule has 2 aliphatic heterocycles. The Bertz CT molecular complexity index is 530. The fraction of sp³-hybridized carbons (Fsp3) is 0.900. The van der Waals surface area contributed by atoms with E-state index in [9.17, 15) is 9.59 Å². The molecule has 1 spiro atoms. The molecule has 2 heterocycles. The summed E-state index contributed by atoms with van der Waals surface area (Å²) in [5.41, 5.74) is -0.554. The van der Waals surface area contributed by atoms with Gasteiger partial charge in [0.1, 0.15) is 11.8 Å². The lowest BCUT2D eigenvalue weighted by Crippen LogP contribution is -3.12. The molecule has 0 aromatic rings. The van der Waals surface area contributed by atoms with Crippen molar-refractivity contribution in [3.63, 3.8) is 0 Å². The van der Waals surface area contributed by atoms with Crippen LogP contribution < -0.4 is 4.90 Å². The topological polar surface area (TPSA) is 54.3 Å². The first-order chi connectivity index (χ1) is 12.3. The summed E-state index contributed by atoms with van der Waals surface area (Å²) in [5, 5.41) is 0. The van der Waals surface area contributed by atoms with Crippen molar-refractivity contribution in [2.45, 2.75) is 64.6 Å². The van der Waals surface area contributed by atoms with Crippen molar-refractivity contribution in [1.82, 2.24) is 9.80 Å². The zero-order valence-corrected chi connectivity index (χ0v) is 16.9. The third-order valence-electron chi connectivity index (χ3n) is 6.26. The SMILES string of the molecule is CC(C)CC(=O)N1[C@H](C(=O)N2CC[NH+](C)CC2)CO[C@@]12CCC[C@H](C)C2. The van der Waals surface area contributed by atoms with E-state index in [4.69, 9.17) is 4.74 Å². The third kappa shape index (κ3) is 3.91. The second-order valence-electron chi connectivity index (χ2n) is 9.12. The summed E-state index contributed by atoms with van der Waals surface area (Å²) in [4.78, 5) is 31.7. The van der Waals surface area contributed by atoms with Gasteiger partial charge in [-0.3, -0.25) is 14.5 Å². The summed E-state index contributed by atoms with van der Waals surface area (Å²) < 4.78 is 6.27. The smallest absolute Gasteiger partial charge is 0.248 e. The second-order valence-corrected chi connectivity index (χ2v) is 9.12. The maximum atomic E-state index is 13.3. The summed E-state index contributed by atoms with van der Waals surface area (Å²) in [5.74, 6) is 0.984. The number of carbonyl (C=O) groups excluding carboxylic acids is 2. The van der Waals surface area contributed by atoms with E-state index in [-0.39, 0.29) is 17.7 Å². The van der Waals surface area contributed by atoms with Gasteiger partial charge in [-0.05, 0) is 31.1 Å². The number of quaternary nitrogens is 1. The van der Waals surface area contributed by atoms with Crippen molar-refractivity contribution in [2.24, 2.45) is 11.8 Å². The van der Waals surface area contributed by atoms with Gasteiger partial charge in [0, 0.05) is 6.42 Å². The minimum absolute atomic E-state index is 0.0877. The molecule has 0 bridgehead atoms. The molecule has 148 valence electrons. The van der Waals surface area contributed by atoms with Crippen LogP contribution in [0.5, 0.6) is 0 Å². The first-order valence-corrected chi connectivity index (χ1v) is 10.4. The van der Waals surface area contributed by atoms with E-state index in [1.807, 2.05) is 9.80 Å². The Balaban J connectivity index is 1.81. The minimum Gasteiger partial charge on any atom is -0.353 e. The van der Waals surface area contributed by atoms with Crippen molar-refractivity contribution >= 4 is 11.8 Å². The van der Waals surface area contributed by atoms with Crippen molar-refractivity contribution < 1.29 is 19.2 Å². The van der Waals surface area contributed by atoms with Gasteiger partial charge >= 0.3 is 0 Å². The summed E-state index contributed by atoms with van der Waals surface area (Å²) in [6.07, 6.45) is 4.43. The molecule has 3 fully saturated rings. The fourth-order valence-electron chi connectivity index (χ4n) is 4.84. The van der Waals surface area contributed by atoms with Gasteiger partial charge in [-0.15, -0.1) is 0 Å². The first-order valence-electron chi connectivity index (χ1n) is 10.4. The molecule has 2 amide bonds. The zero-order valence-electron chi connectivity index (χ0n) is 16.9. The van der Waals surface area contributed by atoms with Crippen LogP contribution in [0.25, 0.3) is 0 Å². The van der Waals surface area contributed by atoms with E-state index in [0.29, 0.717) is 18.9 Å². The molecule has 6 heteroatoms. The van der Waals surface area contributed by atoms with Crippen LogP contribution in [-0.2, 0) is 14.3 Å². The van der Waals surface area contributed by atoms with Gasteiger partial charge < -0.3 is 14.5 Å². The van der Waals surface area contributed by atoms with E-state index in [1.54, 1.807) is 0 Å². The quantitative estimate of drug-likeness (QED) is 0.792. The number of rotatable bonds is 3. The van der Waals surface area contributed by atoms with Crippen LogP contribution >= 0.6 is 0 Å². The van der Waals surface area contributed by atoms with Crippen LogP contribution in [0, 0.1) is 11.8 Å². The predicted molar refractivity (Wildman–Crippen MR) is 99.6 cm³/mol. The summed E-state index contributed by atoms with van der Waals surface area (Å²) >= 11 is 0. The number of piperazine rings is 1. The van der Waals surface area contributed by atoms with Crippen LogP contribution in [-0.4, -0.2) is 73.2 Å². The fourth-order valence-corrected chi connectivity index (χ4v) is 4.84. The van der Waals surface area contributed by atoms with E-state index < -0.39 is 11.8 Å². The number of ether oxygens (including phenoxy) is 1. The van der Waals surface area contributed by atoms with Gasteiger partial charge in [-0.1, -0.05) is 27.2 Å². The van der Waals surface area contributed by atoms with E-state index in [0.717, 1.165) is 45.4 Å². The molecular formula is C20H36N3O3+. The summed E-state index contributed by atoms with van der Waals surface area (Å²) in [7, 11) is 2.16. The van der Waals surface area contributed by atoms with Crippen LogP contribution in [0.1, 0.15) is 52.9 Å². The highest BCUT2D eigenvalue weighted by molar-refractivity contribution is 5.89. The number of nitrogens with one attached hydrogen (secondary N) is 1. The Morgan fingerprint density at radius 3 is 2.58 bits per heavy atom. The predicted octanol–water partition coefficient (Wildman–Crippen LogP) is 0.523. The molecule has 6 nitrogen and oxygen atoms in total. The number of likely N-dealkylation sites (N-methyl/N-ethyl adjacent to an activating group) is 1. The lowest BCUT2D eigenvalue weighted by atomic mass is 9.83. The molecule has 0 unspecified atom stereocenters. The lowest BCUT2D eigenvalue weighted by molar-refractivity contribution is -0.883. The largest absolute Gasteiger partial charge is 0.353 e. The molecule has 1 saturated carbocycles. The molecule has 1 aliphatic carbocycles. The maximum absolute atomic E-state index is 13.3. The molecule has 0 aromatic heterocycles. The Kier molecular flexibility index (Phi) is 5.92. The average molecular weight is 367 g/mol. The van der Waals surface area contributed by atoms with Crippen molar-refractivity contribution in [3.05, 3.63) is 0 Å². The average Bonchev–Trinajstić information content (AvgIpc) is 2.92. The molecule has 0 aromatic carbocycles. The summed E-state index contributed by atoms with van der Waals surface area (Å²) in [6.45, 7) is 10.2. The summed E-state index contributed by atoms with van der Waals surface area (Å²) in [6, 6.07) is -0.440. The molecule has 3 atom stereocenters. The molecular weight excluding hydrogens is 330 g/mol. The van der Waals surface area contributed by atoms with Crippen LogP contribution in [0.4, 0.5) is 0 Å². The Morgan fingerprint density at radius 1 is 1.27 bits per heavy atom. The van der Waals surface area contributed by atoms with Gasteiger partial charge in [0.15, 0.2) is 0 Å². The highest BCUT2D eigenvalue weighted by Gasteiger charge is 2.54. The number of amides is 2. The molecule has 2 saturated heterocycles. The Hall–Kier alpha value is -1.14. The monoisotopic (exact) mass is 366 g/mol. The molecule has 0 radical (unpaired) electrons. The number of nitrogens with zero attached hydrogens (tertiary/aromatic N) is 2. The second kappa shape index (κ2) is 7.85. The van der Waals surface area contributed by atoms with Crippen LogP contribution in [0.15, 0.2) is 0 Å². The van der Waals surface area contributed by atoms with Gasteiger partial charge in [-0.2, -0.15) is 0 Å². The van der Waals surface area contributed by atoms with Gasteiger partial charge in [0.2, 0.25) is 11.8 Å². The van der Waals surface area contributed by atoms with Crippen LogP contribution in [0.3, 0.4) is 0 Å². The van der Waals surface area contributed by atoms with Gasteiger partial charge in [0.05, 0.1) is 39.8 Å². The molecule has 26 heavy (non-hydrogen) atoms. The molecule has 3 aliphatic rings. The highest BCUT2D eigenvalue weighted by atomic mass is 16.5. The minimum atomic E-state index is -0.554. The van der Waals surface area contributed by atoms with Crippen molar-refractivity contribution in [2.75, 3.05) is 39.8 Å². The van der Waals surface area contributed by atoms with Gasteiger partial charge in [0.25, 0.3) is 0 Å². The van der Waals surface area contributed by atoms with E-state index >= 15 is 0 Å². The number of hydrogen-bond donors (Lipinski definition) is 1. The zero-order chi connectivity index (χ0) is 18.9. The molecule has 3 rings (SSSR count). The van der Waals surface area contributed by atoms with Crippen molar-refractivity contribution in [3.8, 4) is 0 Å². The van der Waals surface area contributed by atoms with Gasteiger partial charge in [-0.25, -0.2) is 0 Å². The molecule has 1 N–H and O–H groups in total. The number of hydrogen-bond acceptors (Lipinski definition) is 3. The normalized spacial score (nSPS) is 33.3. The van der Waals surface area contributed by atoms with E-state index in [2.05, 4.69) is 27.8 Å². The standard InChI is InChI=1S/C20H35N3O3/c1-15(2)12-18(24)23-17(19(25)22-10-8-21(4)9-11-22)14-26-20(23)7-5-6-16(3)13-20/h15-17H,5-14H2,1-4H3/p+1/t16-,17-,20+/m0/s1.